The summed E-state index contributed by atoms with van der Waals surface area (Å²) < 4.78 is 12.7. The van der Waals surface area contributed by atoms with Gasteiger partial charge in [0, 0.05) is 19.2 Å². The molecular formula is C28H30N6O3. The fraction of sp³-hybridized carbons (Fsp3) is 0.286. The number of tetrazole rings is 1. The lowest BCUT2D eigenvalue weighted by Gasteiger charge is -2.30. The number of fused-ring (bicyclic) bond motifs is 1. The van der Waals surface area contributed by atoms with Crippen LogP contribution in [-0.2, 0) is 24.4 Å². The van der Waals surface area contributed by atoms with Gasteiger partial charge in [-0.25, -0.2) is 4.68 Å². The number of methoxy groups -OCH3 is 1. The number of rotatable bonds is 10. The van der Waals surface area contributed by atoms with Crippen LogP contribution in [0.5, 0.6) is 0 Å². The van der Waals surface area contributed by atoms with Crippen molar-refractivity contribution in [1.82, 2.24) is 30.1 Å². The lowest BCUT2D eigenvalue weighted by Crippen LogP contribution is -2.35. The molecule has 0 saturated carbocycles. The number of ether oxygens (including phenoxy) is 1. The lowest BCUT2D eigenvalue weighted by atomic mass is 10.00. The van der Waals surface area contributed by atoms with E-state index in [1.54, 1.807) is 18.1 Å². The Balaban J connectivity index is 1.70. The fourth-order valence-corrected chi connectivity index (χ4v) is 4.81. The van der Waals surface area contributed by atoms with Crippen LogP contribution in [-0.4, -0.2) is 43.8 Å². The summed E-state index contributed by atoms with van der Waals surface area (Å²) in [6.45, 7) is 5.96. The molecule has 0 unspecified atom stereocenters. The van der Waals surface area contributed by atoms with Crippen LogP contribution in [0.4, 0.5) is 0 Å². The standard InChI is InChI=1S/C28H30N6O3/c1-19-14-20(2)25-22(15-19)16-24(28(35)29-25)26(27-30-31-32-34(27)11-13-36-3)33(18-23-10-7-12-37-23)17-21-8-5-4-6-9-21/h4-10,12,14-16,26H,11,13,17-18H2,1-3H3,(H,29,35)/t26-/m1/s1. The highest BCUT2D eigenvalue weighted by molar-refractivity contribution is 5.83. The molecule has 0 radical (unpaired) electrons. The van der Waals surface area contributed by atoms with Crippen LogP contribution >= 0.6 is 0 Å². The maximum Gasteiger partial charge on any atom is 0.253 e. The van der Waals surface area contributed by atoms with E-state index < -0.39 is 6.04 Å². The van der Waals surface area contributed by atoms with E-state index in [0.717, 1.165) is 33.4 Å². The van der Waals surface area contributed by atoms with Gasteiger partial charge in [0.15, 0.2) is 5.82 Å². The van der Waals surface area contributed by atoms with E-state index in [1.807, 2.05) is 43.3 Å². The summed E-state index contributed by atoms with van der Waals surface area (Å²) in [5, 5.41) is 13.6. The average molecular weight is 499 g/mol. The zero-order chi connectivity index (χ0) is 25.8. The quantitative estimate of drug-likeness (QED) is 0.308. The van der Waals surface area contributed by atoms with Crippen molar-refractivity contribution in [3.8, 4) is 0 Å². The Morgan fingerprint density at radius 2 is 1.92 bits per heavy atom. The number of furan rings is 1. The normalized spacial score (nSPS) is 12.4. The van der Waals surface area contributed by atoms with Gasteiger partial charge in [0.05, 0.1) is 31.5 Å². The summed E-state index contributed by atoms with van der Waals surface area (Å²) >= 11 is 0. The van der Waals surface area contributed by atoms with E-state index >= 15 is 0 Å². The Labute approximate surface area is 214 Å². The lowest BCUT2D eigenvalue weighted by molar-refractivity contribution is 0.163. The summed E-state index contributed by atoms with van der Waals surface area (Å²) in [6.07, 6.45) is 1.65. The monoisotopic (exact) mass is 498 g/mol. The predicted molar refractivity (Wildman–Crippen MR) is 140 cm³/mol. The number of hydrogen-bond acceptors (Lipinski definition) is 7. The van der Waals surface area contributed by atoms with E-state index in [-0.39, 0.29) is 5.56 Å². The summed E-state index contributed by atoms with van der Waals surface area (Å²) in [5.41, 5.74) is 4.46. The molecule has 3 aromatic heterocycles. The van der Waals surface area contributed by atoms with Crippen molar-refractivity contribution < 1.29 is 9.15 Å². The van der Waals surface area contributed by atoms with Crippen molar-refractivity contribution in [3.05, 3.63) is 111 Å². The molecule has 0 aliphatic rings. The van der Waals surface area contributed by atoms with Crippen LogP contribution in [0.1, 0.15) is 39.9 Å². The van der Waals surface area contributed by atoms with Crippen molar-refractivity contribution in [2.75, 3.05) is 13.7 Å². The second-order valence-electron chi connectivity index (χ2n) is 9.23. The Hall–Kier alpha value is -4.08. The molecule has 0 fully saturated rings. The molecule has 5 rings (SSSR count). The molecule has 37 heavy (non-hydrogen) atoms. The second kappa shape index (κ2) is 10.9. The molecule has 190 valence electrons. The first-order valence-corrected chi connectivity index (χ1v) is 12.2. The fourth-order valence-electron chi connectivity index (χ4n) is 4.81. The van der Waals surface area contributed by atoms with Gasteiger partial charge in [-0.15, -0.1) is 5.10 Å². The highest BCUT2D eigenvalue weighted by atomic mass is 16.5. The van der Waals surface area contributed by atoms with Crippen molar-refractivity contribution in [3.63, 3.8) is 0 Å². The highest BCUT2D eigenvalue weighted by Gasteiger charge is 2.31. The molecule has 0 aliphatic heterocycles. The number of aromatic nitrogens is 5. The van der Waals surface area contributed by atoms with Crippen LogP contribution in [0.3, 0.4) is 0 Å². The minimum Gasteiger partial charge on any atom is -0.468 e. The van der Waals surface area contributed by atoms with Gasteiger partial charge < -0.3 is 14.1 Å². The van der Waals surface area contributed by atoms with Crippen molar-refractivity contribution in [2.24, 2.45) is 0 Å². The Morgan fingerprint density at radius 1 is 1.08 bits per heavy atom. The van der Waals surface area contributed by atoms with E-state index in [4.69, 9.17) is 9.15 Å². The molecule has 9 heteroatoms. The van der Waals surface area contributed by atoms with Crippen molar-refractivity contribution in [1.29, 1.82) is 0 Å². The summed E-state index contributed by atoms with van der Waals surface area (Å²) in [7, 11) is 1.64. The molecule has 9 nitrogen and oxygen atoms in total. The van der Waals surface area contributed by atoms with E-state index in [2.05, 4.69) is 56.6 Å². The van der Waals surface area contributed by atoms with Gasteiger partial charge in [0.25, 0.3) is 5.56 Å². The first kappa shape index (κ1) is 24.6. The number of nitrogens with one attached hydrogen (secondary N) is 1. The number of aryl methyl sites for hydroxylation is 2. The average Bonchev–Trinajstić information content (AvgIpc) is 3.57. The minimum atomic E-state index is -0.550. The van der Waals surface area contributed by atoms with Crippen molar-refractivity contribution >= 4 is 10.9 Å². The molecule has 2 aromatic carbocycles. The molecule has 1 atom stereocenters. The molecule has 3 heterocycles. The molecular weight excluding hydrogens is 468 g/mol. The van der Waals surface area contributed by atoms with Crippen LogP contribution in [0, 0.1) is 13.8 Å². The summed E-state index contributed by atoms with van der Waals surface area (Å²) in [6, 6.07) is 19.5. The molecule has 5 aromatic rings. The number of nitrogens with zero attached hydrogens (tertiary/aromatic N) is 5. The van der Waals surface area contributed by atoms with E-state index in [0.29, 0.717) is 37.6 Å². The van der Waals surface area contributed by atoms with Gasteiger partial charge in [0.2, 0.25) is 0 Å². The predicted octanol–water partition coefficient (Wildman–Crippen LogP) is 4.16. The number of hydrogen-bond donors (Lipinski definition) is 1. The van der Waals surface area contributed by atoms with Crippen LogP contribution in [0.15, 0.2) is 76.1 Å². The highest BCUT2D eigenvalue weighted by Crippen LogP contribution is 2.31. The van der Waals surface area contributed by atoms with Gasteiger partial charge in [-0.3, -0.25) is 9.69 Å². The van der Waals surface area contributed by atoms with Gasteiger partial charge in [-0.05, 0) is 65.1 Å². The van der Waals surface area contributed by atoms with Gasteiger partial charge >= 0.3 is 0 Å². The molecule has 0 saturated heterocycles. The summed E-state index contributed by atoms with van der Waals surface area (Å²) in [5.74, 6) is 1.34. The molecule has 1 N–H and O–H groups in total. The zero-order valence-corrected chi connectivity index (χ0v) is 21.2. The Kier molecular flexibility index (Phi) is 7.25. The maximum absolute atomic E-state index is 13.7. The largest absolute Gasteiger partial charge is 0.468 e. The topological polar surface area (TPSA) is 102 Å². The molecule has 0 spiro atoms. The van der Waals surface area contributed by atoms with Crippen LogP contribution in [0.2, 0.25) is 0 Å². The third kappa shape index (κ3) is 5.37. The van der Waals surface area contributed by atoms with Crippen molar-refractivity contribution in [2.45, 2.75) is 39.5 Å². The number of benzene rings is 2. The number of H-pyrrole nitrogens is 1. The Bertz CT molecular complexity index is 1530. The van der Waals surface area contributed by atoms with Crippen LogP contribution in [0.25, 0.3) is 10.9 Å². The second-order valence-corrected chi connectivity index (χ2v) is 9.23. The third-order valence-electron chi connectivity index (χ3n) is 6.46. The number of pyridine rings is 1. The van der Waals surface area contributed by atoms with Gasteiger partial charge in [0.1, 0.15) is 11.8 Å². The van der Waals surface area contributed by atoms with Crippen LogP contribution < -0.4 is 5.56 Å². The zero-order valence-electron chi connectivity index (χ0n) is 21.2. The van der Waals surface area contributed by atoms with Gasteiger partial charge in [-0.2, -0.15) is 0 Å². The van der Waals surface area contributed by atoms with Gasteiger partial charge in [-0.1, -0.05) is 42.0 Å². The SMILES string of the molecule is COCCn1nnnc1[C@@H](c1cc2cc(C)cc(C)c2[nH]c1=O)N(Cc1ccccc1)Cc1ccco1. The molecule has 0 bridgehead atoms. The smallest absolute Gasteiger partial charge is 0.253 e. The molecule has 0 amide bonds. The Morgan fingerprint density at radius 3 is 2.68 bits per heavy atom. The number of aromatic amines is 1. The van der Waals surface area contributed by atoms with E-state index in [9.17, 15) is 4.79 Å². The first-order valence-electron chi connectivity index (χ1n) is 12.2. The minimum absolute atomic E-state index is 0.178. The maximum atomic E-state index is 13.7. The first-order chi connectivity index (χ1) is 18.0. The van der Waals surface area contributed by atoms with E-state index in [1.165, 1.54) is 0 Å². The summed E-state index contributed by atoms with van der Waals surface area (Å²) in [4.78, 5) is 19.0. The third-order valence-corrected chi connectivity index (χ3v) is 6.46. The molecule has 0 aliphatic carbocycles.